The van der Waals surface area contributed by atoms with Gasteiger partial charge in [0.05, 0.1) is 67.6 Å². The Kier molecular flexibility index (Phi) is 36.9. The molecule has 738 valence electrons. The summed E-state index contributed by atoms with van der Waals surface area (Å²) in [5, 5.41) is 9.53. The van der Waals surface area contributed by atoms with Gasteiger partial charge in [0.15, 0.2) is 36.7 Å². The molecule has 6 aliphatic heterocycles. The van der Waals surface area contributed by atoms with Crippen LogP contribution in [0.5, 0.6) is 11.5 Å². The number of ether oxygens (including phenoxy) is 18. The summed E-state index contributed by atoms with van der Waals surface area (Å²) in [7, 11) is 18.3. The number of ketones is 2. The van der Waals surface area contributed by atoms with Crippen LogP contribution in [0.4, 0.5) is 0 Å². The summed E-state index contributed by atoms with van der Waals surface area (Å²) >= 11 is 11.5. The molecule has 0 bridgehead atoms. The molecule has 6 heterocycles. The molecular formula is C105H151Cl2N3O23. The zero-order chi connectivity index (χ0) is 95.7. The summed E-state index contributed by atoms with van der Waals surface area (Å²) in [5.41, 5.74) is 3.07. The highest BCUT2D eigenvalue weighted by atomic mass is 35.5. The van der Waals surface area contributed by atoms with E-state index in [-0.39, 0.29) is 215 Å². The lowest BCUT2D eigenvalue weighted by molar-refractivity contribution is -0.314. The van der Waals surface area contributed by atoms with E-state index in [4.69, 9.17) is 108 Å². The largest absolute Gasteiger partial charge is 0.462 e. The number of nitrogens with zero attached hydrogens (tertiary/aromatic N) is 3. The number of hydrogen-bond acceptors (Lipinski definition) is 26. The maximum Gasteiger partial charge on any atom is 0.311 e. The second kappa shape index (κ2) is 46.9. The highest BCUT2D eigenvalue weighted by molar-refractivity contribution is 6.55. The van der Waals surface area contributed by atoms with Crippen LogP contribution >= 0.6 is 23.2 Å². The number of hydrogen-bond donors (Lipinski definition) is 0. The average molecular weight is 1890 g/mol. The van der Waals surface area contributed by atoms with Crippen molar-refractivity contribution in [3.63, 3.8) is 0 Å². The minimum absolute atomic E-state index is 0.0364. The van der Waals surface area contributed by atoms with E-state index in [1.54, 1.807) is 73.0 Å². The van der Waals surface area contributed by atoms with Crippen molar-refractivity contribution in [3.05, 3.63) is 118 Å². The summed E-state index contributed by atoms with van der Waals surface area (Å²) in [6.07, 6.45) is 20.0. The number of Topliss-reactive ketones (excluding diaryl/α,β-unsaturated/α-hetero) is 2. The minimum Gasteiger partial charge on any atom is -0.462 e. The van der Waals surface area contributed by atoms with Crippen molar-refractivity contribution in [2.24, 2.45) is 88.3 Å². The predicted octanol–water partition coefficient (Wildman–Crippen LogP) is 17.5. The van der Waals surface area contributed by atoms with Crippen LogP contribution in [0.15, 0.2) is 112 Å². The molecule has 9 fully saturated rings. The fraction of sp³-hybridized carbons (Fsp3) is 0.733. The third-order valence-electron chi connectivity index (χ3n) is 31.9. The molecule has 0 amide bonds. The molecule has 1 unspecified atom stereocenters. The van der Waals surface area contributed by atoms with Gasteiger partial charge in [-0.3, -0.25) is 24.0 Å². The maximum atomic E-state index is 14.7. The average Bonchev–Trinajstić information content (AvgIpc) is 1.57. The normalized spacial score (nSPS) is 40.2. The van der Waals surface area contributed by atoms with Crippen LogP contribution in [0, 0.1) is 99.6 Å². The Morgan fingerprint density at radius 2 is 1.02 bits per heavy atom. The molecule has 7 aliphatic carbocycles. The molecule has 2 aromatic carbocycles. The second-order valence-corrected chi connectivity index (χ2v) is 41.7. The number of carbonyl (C=O) groups excluding carboxylic acids is 5. The van der Waals surface area contributed by atoms with Gasteiger partial charge in [0.1, 0.15) is 70.9 Å². The Labute approximate surface area is 799 Å². The van der Waals surface area contributed by atoms with Crippen molar-refractivity contribution < 1.29 is 109 Å². The molecule has 13 aliphatic rings. The van der Waals surface area contributed by atoms with Crippen molar-refractivity contribution in [2.45, 2.75) is 333 Å². The van der Waals surface area contributed by atoms with E-state index in [9.17, 15) is 29.2 Å². The topological polar surface area (TPSA) is 282 Å². The number of benzene rings is 2. The molecule has 0 radical (unpaired) electrons. The number of nitriles is 1. The van der Waals surface area contributed by atoms with E-state index in [1.165, 1.54) is 5.57 Å². The molecule has 3 saturated carbocycles. The fourth-order valence-electron chi connectivity index (χ4n) is 24.5. The van der Waals surface area contributed by atoms with Crippen LogP contribution in [-0.4, -0.2) is 245 Å². The van der Waals surface area contributed by atoms with Crippen LogP contribution in [0.3, 0.4) is 0 Å². The quantitative estimate of drug-likeness (QED) is 0.0536. The van der Waals surface area contributed by atoms with Gasteiger partial charge < -0.3 is 95.1 Å². The van der Waals surface area contributed by atoms with Crippen molar-refractivity contribution >= 4 is 52.7 Å². The lowest BCUT2D eigenvalue weighted by Crippen LogP contribution is -2.59. The smallest absolute Gasteiger partial charge is 0.311 e. The number of halogens is 2. The first-order valence-electron chi connectivity index (χ1n) is 49.1. The van der Waals surface area contributed by atoms with E-state index in [0.717, 1.165) is 101 Å². The number of allylic oxidation sites excluding steroid dienone is 9. The van der Waals surface area contributed by atoms with Gasteiger partial charge in [-0.1, -0.05) is 131 Å². The van der Waals surface area contributed by atoms with Gasteiger partial charge in [0.25, 0.3) is 0 Å². The molecule has 0 aromatic heterocycles. The van der Waals surface area contributed by atoms with Crippen LogP contribution in [0.25, 0.3) is 0 Å². The monoisotopic (exact) mass is 1890 g/mol. The second-order valence-electron chi connectivity index (χ2n) is 40.7. The highest BCUT2D eigenvalue weighted by Gasteiger charge is 2.63. The first kappa shape index (κ1) is 104. The van der Waals surface area contributed by atoms with E-state index in [0.29, 0.717) is 53.8 Å². The number of esters is 3. The number of carbonyl (C=O) groups is 5. The first-order chi connectivity index (χ1) is 63.7. The van der Waals surface area contributed by atoms with Crippen molar-refractivity contribution in [2.75, 3.05) is 70.8 Å². The maximum absolute atomic E-state index is 14.7. The molecule has 133 heavy (non-hydrogen) atoms. The summed E-state index contributed by atoms with van der Waals surface area (Å²) in [6.45, 7) is 22.4. The van der Waals surface area contributed by atoms with Gasteiger partial charge in [-0.05, 0) is 266 Å². The number of methoxy groups -OCH3 is 6. The van der Waals surface area contributed by atoms with Crippen molar-refractivity contribution in [1.82, 2.24) is 9.80 Å². The van der Waals surface area contributed by atoms with E-state index < -0.39 is 36.9 Å². The number of rotatable bonds is 24. The Hall–Kier alpha value is -5.88. The van der Waals surface area contributed by atoms with E-state index >= 15 is 0 Å². The SMILES string of the molecule is CC1(C)[C@H](C(=O)OC(C#N)c2cccc(Oc3ccccc3)c2)[C@@H]1C=C(Cl)Cl.CC[C@H]1CCC[C@H](O[C@H]2CC[C@H](N(C)C)[C@@H](C)O2)[C@@H](C)C(=O)C2=C[C@@H]3[C@@H](C=C(C)[C@@H]4C[C@@H](O[C@@H]5O[C@@H](C)[C@H](OC)[C@@H](OC)[C@H]5OC)C[C@@H]34)[C@@H]2CC(=O)O1.CC[C@H]1CCC[C@H](O[C@H]2CC[C@H](N(C)C)[C@@H](C)O2)[C@@H](C)C(=O)C2=C[C@@H]3[C@@H](C=C[C@@H]4C[C@@H](O[C@@H]5O[C@@H](C)[C@H](OC)[C@@H](OC)[C@H]5OC)C[C@@H]34)[C@@H]2CC(=O)O1. The van der Waals surface area contributed by atoms with Gasteiger partial charge in [0.2, 0.25) is 6.10 Å². The lowest BCUT2D eigenvalue weighted by Gasteiger charge is -2.44. The Bertz CT molecular complexity index is 4420. The molecule has 0 spiro atoms. The van der Waals surface area contributed by atoms with Crippen LogP contribution in [-0.2, 0) is 104 Å². The summed E-state index contributed by atoms with van der Waals surface area (Å²) in [5.74, 6) is 0.319. The summed E-state index contributed by atoms with van der Waals surface area (Å²) < 4.78 is 111. The molecule has 26 nitrogen and oxygen atoms in total. The first-order valence-corrected chi connectivity index (χ1v) is 49.9. The van der Waals surface area contributed by atoms with Gasteiger partial charge >= 0.3 is 17.9 Å². The molecule has 15 rings (SSSR count). The molecular weight excluding hydrogens is 1740 g/mol. The third kappa shape index (κ3) is 24.2. The zero-order valence-corrected chi connectivity index (χ0v) is 83.7. The lowest BCUT2D eigenvalue weighted by atomic mass is 9.67. The van der Waals surface area contributed by atoms with Gasteiger partial charge in [-0.2, -0.15) is 5.26 Å². The standard InChI is InChI=1S/C42H67NO10.C41H65NO10.C22H19Cl2NO3/c1-11-26-13-12-14-35(53-37-16-15-34(43(6)7)24(4)49-37)23(3)38(45)33-20-31-29(32(33)21-36(44)51-26)17-22(2)28-18-27(19-30(28)31)52-42-41(48-10)40(47-9)39(46-8)25(5)50-42;1-10-26-12-11-13-34(52-36-17-16-33(42(5)6)23(3)48-36)22(2)37(44)32-20-30-28(31(32)21-35(43)50-26)15-14-25-18-27(19-29(25)30)51-41-40(47-9)39(46-8)38(45-7)24(4)49-41;1-22(2)17(12-19(23)24)20(22)21(26)28-18(13-25)14-7-6-10-16(11-14)27-15-8-4-3-5-9-15/h17,20,23-32,34-35,37,39-42H,11-16,18-19,21H2,1-10H3;14-15,20,22-31,33-34,36,38-41H,10-13,16-19,21H2,1-9H3;3-12,17-18,20H,1-2H3/t23-,24-,25+,26+,27-,28+,29-,30-,31-,32+,34+,35+,37+,39+,40-,41-,42+;22-,23-,24+,25-,26+,27-,28-,29-,30-,31+,33+,34+,36+,38+,39-,40-,41+;17-,18?,20-/m110/s1. The fourth-order valence-corrected chi connectivity index (χ4v) is 24.7. The van der Waals surface area contributed by atoms with Gasteiger partial charge in [-0.15, -0.1) is 0 Å². The van der Waals surface area contributed by atoms with Crippen molar-refractivity contribution in [3.8, 4) is 17.6 Å². The van der Waals surface area contributed by atoms with E-state index in [1.807, 2.05) is 77.9 Å². The molecule has 37 atom stereocenters. The number of cyclic esters (lactones) is 2. The highest BCUT2D eigenvalue weighted by Crippen LogP contribution is 2.62. The van der Waals surface area contributed by atoms with Crippen molar-refractivity contribution in [1.29, 1.82) is 5.26 Å². The van der Waals surface area contributed by atoms with Gasteiger partial charge in [0, 0.05) is 84.0 Å². The minimum atomic E-state index is -1.03. The molecule has 2 aromatic rings. The predicted molar refractivity (Wildman–Crippen MR) is 501 cm³/mol. The van der Waals surface area contributed by atoms with Crippen LogP contribution in [0.2, 0.25) is 0 Å². The molecule has 0 N–H and O–H groups in total. The Balaban J connectivity index is 0.000000178. The number of likely N-dealkylation sites (N-methyl/N-ethyl adjacent to an activating group) is 2. The zero-order valence-electron chi connectivity index (χ0n) is 82.2. The number of para-hydroxylation sites is 1. The Morgan fingerprint density at radius 3 is 1.49 bits per heavy atom. The number of fused-ring (bicyclic) bond motifs is 10. The third-order valence-corrected chi connectivity index (χ3v) is 32.1. The Morgan fingerprint density at radius 1 is 0.534 bits per heavy atom. The summed E-state index contributed by atoms with van der Waals surface area (Å²) in [4.78, 5) is 73.5. The molecule has 28 heteroatoms. The molecule has 6 saturated heterocycles. The summed E-state index contributed by atoms with van der Waals surface area (Å²) in [6, 6.07) is 19.0. The van der Waals surface area contributed by atoms with Crippen LogP contribution < -0.4 is 4.74 Å². The van der Waals surface area contributed by atoms with Crippen LogP contribution in [0.1, 0.15) is 203 Å². The van der Waals surface area contributed by atoms with Gasteiger partial charge in [-0.25, -0.2) is 0 Å². The van der Waals surface area contributed by atoms with E-state index in [2.05, 4.69) is 103 Å².